The van der Waals surface area contributed by atoms with E-state index < -0.39 is 11.8 Å². The van der Waals surface area contributed by atoms with E-state index in [1.165, 1.54) is 18.1 Å². The maximum atomic E-state index is 12.5. The predicted molar refractivity (Wildman–Crippen MR) is 115 cm³/mol. The fourth-order valence-electron chi connectivity index (χ4n) is 3.70. The maximum Gasteiger partial charge on any atom is 0.311 e. The molecule has 0 bridgehead atoms. The van der Waals surface area contributed by atoms with Crippen molar-refractivity contribution in [1.29, 1.82) is 0 Å². The molecule has 0 aliphatic carbocycles. The summed E-state index contributed by atoms with van der Waals surface area (Å²) in [4.78, 5) is 39.4. The van der Waals surface area contributed by atoms with Gasteiger partial charge in [-0.05, 0) is 11.1 Å². The van der Waals surface area contributed by atoms with Gasteiger partial charge in [-0.3, -0.25) is 19.3 Å². The summed E-state index contributed by atoms with van der Waals surface area (Å²) in [5, 5.41) is 5.15. The van der Waals surface area contributed by atoms with Crippen LogP contribution in [0.5, 0.6) is 0 Å². The van der Waals surface area contributed by atoms with Gasteiger partial charge in [0.25, 0.3) is 0 Å². The largest absolute Gasteiger partial charge is 0.355 e. The standard InChI is InChI=1S/C23H28N4O3/c1-18(28)24-12-13-25-22(29)23(30)27-16-14-26(15-17-27)21(19-8-4-2-5-9-19)20-10-6-3-7-11-20/h2-11,21H,12-17H2,1H3,(H,24,28)(H,25,29). The number of benzene rings is 2. The molecule has 3 amide bonds. The van der Waals surface area contributed by atoms with Crippen LogP contribution in [0.3, 0.4) is 0 Å². The molecular formula is C23H28N4O3. The fourth-order valence-corrected chi connectivity index (χ4v) is 3.70. The first-order valence-electron chi connectivity index (χ1n) is 10.2. The van der Waals surface area contributed by atoms with Crippen LogP contribution in [0.1, 0.15) is 24.1 Å². The Balaban J connectivity index is 1.59. The van der Waals surface area contributed by atoms with Crippen molar-refractivity contribution >= 4 is 17.7 Å². The highest BCUT2D eigenvalue weighted by Gasteiger charge is 2.30. The summed E-state index contributed by atoms with van der Waals surface area (Å²) in [6, 6.07) is 20.8. The van der Waals surface area contributed by atoms with Crippen molar-refractivity contribution < 1.29 is 14.4 Å². The molecule has 1 heterocycles. The van der Waals surface area contributed by atoms with E-state index in [0.717, 1.165) is 0 Å². The van der Waals surface area contributed by atoms with Crippen LogP contribution in [0.2, 0.25) is 0 Å². The highest BCUT2D eigenvalue weighted by atomic mass is 16.2. The molecule has 7 heteroatoms. The second kappa shape index (κ2) is 10.5. The molecule has 0 atom stereocenters. The Hall–Kier alpha value is -3.19. The molecule has 0 spiro atoms. The van der Waals surface area contributed by atoms with E-state index in [9.17, 15) is 14.4 Å². The van der Waals surface area contributed by atoms with Gasteiger partial charge in [0.1, 0.15) is 0 Å². The number of hydrogen-bond acceptors (Lipinski definition) is 4. The zero-order valence-electron chi connectivity index (χ0n) is 17.2. The monoisotopic (exact) mass is 408 g/mol. The Morgan fingerprint density at radius 3 is 1.80 bits per heavy atom. The lowest BCUT2D eigenvalue weighted by Crippen LogP contribution is -2.53. The average Bonchev–Trinajstić information content (AvgIpc) is 2.78. The van der Waals surface area contributed by atoms with Crippen LogP contribution in [0, 0.1) is 0 Å². The van der Waals surface area contributed by atoms with Crippen molar-refractivity contribution in [2.75, 3.05) is 39.3 Å². The number of piperazine rings is 1. The number of hydrogen-bond donors (Lipinski definition) is 2. The van der Waals surface area contributed by atoms with Gasteiger partial charge in [-0.25, -0.2) is 0 Å². The summed E-state index contributed by atoms with van der Waals surface area (Å²) in [6.45, 7) is 4.29. The summed E-state index contributed by atoms with van der Waals surface area (Å²) in [5.41, 5.74) is 2.42. The van der Waals surface area contributed by atoms with Gasteiger partial charge in [-0.1, -0.05) is 60.7 Å². The van der Waals surface area contributed by atoms with E-state index in [-0.39, 0.29) is 18.5 Å². The molecule has 158 valence electrons. The van der Waals surface area contributed by atoms with Gasteiger partial charge in [-0.15, -0.1) is 0 Å². The van der Waals surface area contributed by atoms with Crippen LogP contribution in [0.25, 0.3) is 0 Å². The first kappa shape index (κ1) is 21.5. The number of amides is 3. The second-order valence-electron chi connectivity index (χ2n) is 7.29. The Morgan fingerprint density at radius 1 is 0.800 bits per heavy atom. The Kier molecular flexibility index (Phi) is 7.57. The lowest BCUT2D eigenvalue weighted by Gasteiger charge is -2.39. The van der Waals surface area contributed by atoms with Gasteiger partial charge in [0.2, 0.25) is 5.91 Å². The topological polar surface area (TPSA) is 81.8 Å². The minimum atomic E-state index is -0.628. The molecule has 1 aliphatic heterocycles. The van der Waals surface area contributed by atoms with E-state index >= 15 is 0 Å². The van der Waals surface area contributed by atoms with Crippen LogP contribution in [-0.4, -0.2) is 66.8 Å². The SMILES string of the molecule is CC(=O)NCCNC(=O)C(=O)N1CCN(C(c2ccccc2)c2ccccc2)CC1. The van der Waals surface area contributed by atoms with Gasteiger partial charge in [0.15, 0.2) is 0 Å². The summed E-state index contributed by atoms with van der Waals surface area (Å²) >= 11 is 0. The van der Waals surface area contributed by atoms with Gasteiger partial charge < -0.3 is 15.5 Å². The fraction of sp³-hybridized carbons (Fsp3) is 0.348. The lowest BCUT2D eigenvalue weighted by molar-refractivity contribution is -0.147. The zero-order chi connectivity index (χ0) is 21.3. The van der Waals surface area contributed by atoms with Gasteiger partial charge in [0.05, 0.1) is 6.04 Å². The average molecular weight is 409 g/mol. The Labute approximate surface area is 177 Å². The third-order valence-corrected chi connectivity index (χ3v) is 5.18. The van der Waals surface area contributed by atoms with Crippen LogP contribution >= 0.6 is 0 Å². The van der Waals surface area contributed by atoms with Crippen molar-refractivity contribution in [2.24, 2.45) is 0 Å². The van der Waals surface area contributed by atoms with Crippen LogP contribution in [-0.2, 0) is 14.4 Å². The van der Waals surface area contributed by atoms with Crippen LogP contribution in [0.4, 0.5) is 0 Å². The second-order valence-corrected chi connectivity index (χ2v) is 7.29. The van der Waals surface area contributed by atoms with Crippen molar-refractivity contribution in [1.82, 2.24) is 20.4 Å². The van der Waals surface area contributed by atoms with E-state index in [1.54, 1.807) is 4.90 Å². The molecule has 0 saturated carbocycles. The molecular weight excluding hydrogens is 380 g/mol. The van der Waals surface area contributed by atoms with E-state index in [0.29, 0.717) is 32.7 Å². The van der Waals surface area contributed by atoms with Crippen LogP contribution in [0.15, 0.2) is 60.7 Å². The molecule has 1 saturated heterocycles. The summed E-state index contributed by atoms with van der Waals surface area (Å²) in [5.74, 6) is -1.32. The summed E-state index contributed by atoms with van der Waals surface area (Å²) in [7, 11) is 0. The van der Waals surface area contributed by atoms with Gasteiger partial charge >= 0.3 is 11.8 Å². The first-order chi connectivity index (χ1) is 14.6. The molecule has 1 fully saturated rings. The number of nitrogens with zero attached hydrogens (tertiary/aromatic N) is 2. The molecule has 0 unspecified atom stereocenters. The zero-order valence-corrected chi connectivity index (χ0v) is 17.2. The number of carbonyl (C=O) groups excluding carboxylic acids is 3. The van der Waals surface area contributed by atoms with Crippen LogP contribution < -0.4 is 10.6 Å². The minimum absolute atomic E-state index is 0.108. The Morgan fingerprint density at radius 2 is 1.30 bits per heavy atom. The number of rotatable bonds is 6. The molecule has 3 rings (SSSR count). The summed E-state index contributed by atoms with van der Waals surface area (Å²) in [6.07, 6.45) is 0. The molecule has 0 aromatic heterocycles. The highest BCUT2D eigenvalue weighted by molar-refractivity contribution is 6.35. The van der Waals surface area contributed by atoms with Gasteiger partial charge in [0, 0.05) is 46.2 Å². The van der Waals surface area contributed by atoms with Crippen molar-refractivity contribution in [3.05, 3.63) is 71.8 Å². The third-order valence-electron chi connectivity index (χ3n) is 5.18. The molecule has 2 aromatic carbocycles. The lowest BCUT2D eigenvalue weighted by atomic mass is 9.96. The van der Waals surface area contributed by atoms with Crippen molar-refractivity contribution in [2.45, 2.75) is 13.0 Å². The molecule has 2 N–H and O–H groups in total. The number of nitrogens with one attached hydrogen (secondary N) is 2. The quantitative estimate of drug-likeness (QED) is 0.555. The normalized spacial score (nSPS) is 14.4. The highest BCUT2D eigenvalue weighted by Crippen LogP contribution is 2.29. The predicted octanol–water partition coefficient (Wildman–Crippen LogP) is 1.17. The van der Waals surface area contributed by atoms with E-state index in [4.69, 9.17) is 0 Å². The van der Waals surface area contributed by atoms with Crippen molar-refractivity contribution in [3.8, 4) is 0 Å². The molecule has 0 radical (unpaired) electrons. The molecule has 2 aromatic rings. The molecule has 1 aliphatic rings. The van der Waals surface area contributed by atoms with Crippen molar-refractivity contribution in [3.63, 3.8) is 0 Å². The maximum absolute atomic E-state index is 12.5. The van der Waals surface area contributed by atoms with Gasteiger partial charge in [-0.2, -0.15) is 0 Å². The molecule has 7 nitrogen and oxygen atoms in total. The molecule has 30 heavy (non-hydrogen) atoms. The van der Waals surface area contributed by atoms with E-state index in [2.05, 4.69) is 39.8 Å². The first-order valence-corrected chi connectivity index (χ1v) is 10.2. The summed E-state index contributed by atoms with van der Waals surface area (Å²) < 4.78 is 0. The minimum Gasteiger partial charge on any atom is -0.355 e. The van der Waals surface area contributed by atoms with E-state index in [1.807, 2.05) is 36.4 Å². The number of carbonyl (C=O) groups is 3. The third kappa shape index (κ3) is 5.67. The smallest absolute Gasteiger partial charge is 0.311 e. The Bertz CT molecular complexity index is 810.